The zero-order valence-corrected chi connectivity index (χ0v) is 18.3. The number of nitro groups is 1. The van der Waals surface area contributed by atoms with Crippen molar-refractivity contribution in [1.82, 2.24) is 0 Å². The van der Waals surface area contributed by atoms with E-state index in [-0.39, 0.29) is 16.8 Å². The number of nitrogens with one attached hydrogen (secondary N) is 1. The van der Waals surface area contributed by atoms with Crippen LogP contribution in [0.2, 0.25) is 0 Å². The Morgan fingerprint density at radius 1 is 1.09 bits per heavy atom. The van der Waals surface area contributed by atoms with Crippen LogP contribution in [0.3, 0.4) is 0 Å². The number of carbonyl (C=O) groups excluding carboxylic acids is 1. The molecule has 0 spiro atoms. The SMILES string of the molecule is COc1ccc(N=c2oc3ccc([N+](=O)[O-])cc3cc2C(=O)Nc2cccc(Br)c2)cc1. The van der Waals surface area contributed by atoms with Gasteiger partial charge in [0.05, 0.1) is 17.7 Å². The Bertz CT molecular complexity index is 1400. The molecule has 4 aromatic rings. The van der Waals surface area contributed by atoms with Gasteiger partial charge in [-0.3, -0.25) is 14.9 Å². The molecule has 0 saturated heterocycles. The van der Waals surface area contributed by atoms with E-state index < -0.39 is 10.8 Å². The van der Waals surface area contributed by atoms with Crippen molar-refractivity contribution in [1.29, 1.82) is 0 Å². The Hall–Kier alpha value is -3.98. The summed E-state index contributed by atoms with van der Waals surface area (Å²) in [5.41, 5.74) is 1.58. The number of non-ortho nitro benzene ring substituents is 1. The van der Waals surface area contributed by atoms with E-state index in [0.717, 1.165) is 4.47 Å². The molecule has 0 aliphatic carbocycles. The van der Waals surface area contributed by atoms with Gasteiger partial charge in [-0.05, 0) is 54.6 Å². The summed E-state index contributed by atoms with van der Waals surface area (Å²) in [6.07, 6.45) is 0. The van der Waals surface area contributed by atoms with Crippen LogP contribution in [-0.2, 0) is 0 Å². The lowest BCUT2D eigenvalue weighted by Crippen LogP contribution is -2.21. The number of nitro benzene ring substituents is 1. The summed E-state index contributed by atoms with van der Waals surface area (Å²) in [4.78, 5) is 28.2. The Balaban J connectivity index is 1.85. The third-order valence-electron chi connectivity index (χ3n) is 4.57. The number of halogens is 1. The normalized spacial score (nSPS) is 11.4. The van der Waals surface area contributed by atoms with E-state index in [1.807, 2.05) is 6.07 Å². The number of benzene rings is 3. The molecule has 1 amide bonds. The first kappa shape index (κ1) is 21.3. The average Bonchev–Trinajstić information content (AvgIpc) is 2.78. The molecule has 4 rings (SSSR count). The average molecular weight is 494 g/mol. The minimum absolute atomic E-state index is 0.0732. The lowest BCUT2D eigenvalue weighted by atomic mass is 10.1. The molecule has 1 N–H and O–H groups in total. The number of anilines is 1. The number of amides is 1. The van der Waals surface area contributed by atoms with E-state index in [4.69, 9.17) is 9.15 Å². The lowest BCUT2D eigenvalue weighted by molar-refractivity contribution is -0.384. The summed E-state index contributed by atoms with van der Waals surface area (Å²) in [7, 11) is 1.56. The van der Waals surface area contributed by atoms with Crippen LogP contribution in [-0.4, -0.2) is 17.9 Å². The molecule has 0 saturated carbocycles. The number of hydrogen-bond acceptors (Lipinski definition) is 6. The van der Waals surface area contributed by atoms with Gasteiger partial charge in [0.15, 0.2) is 0 Å². The first-order valence-corrected chi connectivity index (χ1v) is 10.2. The minimum Gasteiger partial charge on any atom is -0.497 e. The van der Waals surface area contributed by atoms with E-state index in [2.05, 4.69) is 26.2 Å². The van der Waals surface area contributed by atoms with E-state index in [1.54, 1.807) is 49.6 Å². The number of rotatable bonds is 5. The maximum atomic E-state index is 13.1. The number of nitrogens with zero attached hydrogens (tertiary/aromatic N) is 2. The highest BCUT2D eigenvalue weighted by molar-refractivity contribution is 9.10. The summed E-state index contributed by atoms with van der Waals surface area (Å²) in [6.45, 7) is 0. The number of fused-ring (bicyclic) bond motifs is 1. The van der Waals surface area contributed by atoms with Crippen molar-refractivity contribution in [3.63, 3.8) is 0 Å². The van der Waals surface area contributed by atoms with E-state index in [9.17, 15) is 14.9 Å². The molecule has 160 valence electrons. The van der Waals surface area contributed by atoms with Gasteiger partial charge in [-0.25, -0.2) is 4.99 Å². The fourth-order valence-electron chi connectivity index (χ4n) is 3.02. The van der Waals surface area contributed by atoms with Crippen molar-refractivity contribution in [2.45, 2.75) is 0 Å². The molecule has 1 heterocycles. The zero-order valence-electron chi connectivity index (χ0n) is 16.7. The predicted molar refractivity (Wildman–Crippen MR) is 123 cm³/mol. The van der Waals surface area contributed by atoms with Crippen molar-refractivity contribution in [3.05, 3.63) is 98.5 Å². The van der Waals surface area contributed by atoms with Crippen LogP contribution in [0.15, 0.2) is 86.7 Å². The van der Waals surface area contributed by atoms with Crippen LogP contribution in [0.1, 0.15) is 10.4 Å². The fraction of sp³-hybridized carbons (Fsp3) is 0.0435. The first-order valence-electron chi connectivity index (χ1n) is 9.41. The van der Waals surface area contributed by atoms with E-state index in [0.29, 0.717) is 28.1 Å². The molecule has 0 radical (unpaired) electrons. The van der Waals surface area contributed by atoms with Crippen LogP contribution in [0.4, 0.5) is 17.1 Å². The summed E-state index contributed by atoms with van der Waals surface area (Å²) < 4.78 is 11.8. The van der Waals surface area contributed by atoms with Crippen molar-refractivity contribution in [2.75, 3.05) is 12.4 Å². The molecule has 32 heavy (non-hydrogen) atoms. The highest BCUT2D eigenvalue weighted by atomic mass is 79.9. The van der Waals surface area contributed by atoms with Crippen LogP contribution < -0.4 is 15.6 Å². The third kappa shape index (κ3) is 4.68. The van der Waals surface area contributed by atoms with Crippen LogP contribution in [0.25, 0.3) is 11.0 Å². The van der Waals surface area contributed by atoms with Crippen molar-refractivity contribution in [3.8, 4) is 5.75 Å². The topological polar surface area (TPSA) is 107 Å². The second-order valence-corrected chi connectivity index (χ2v) is 7.63. The molecule has 3 aromatic carbocycles. The van der Waals surface area contributed by atoms with E-state index >= 15 is 0 Å². The van der Waals surface area contributed by atoms with E-state index in [1.165, 1.54) is 24.3 Å². The monoisotopic (exact) mass is 493 g/mol. The maximum absolute atomic E-state index is 13.1. The molecule has 8 nitrogen and oxygen atoms in total. The second kappa shape index (κ2) is 9.03. The van der Waals surface area contributed by atoms with Gasteiger partial charge in [-0.15, -0.1) is 0 Å². The van der Waals surface area contributed by atoms with Gasteiger partial charge in [0.1, 0.15) is 16.9 Å². The van der Waals surface area contributed by atoms with Crippen LogP contribution in [0, 0.1) is 10.1 Å². The molecular weight excluding hydrogens is 478 g/mol. The zero-order chi connectivity index (χ0) is 22.7. The van der Waals surface area contributed by atoms with Gasteiger partial charge in [-0.2, -0.15) is 0 Å². The highest BCUT2D eigenvalue weighted by Crippen LogP contribution is 2.23. The van der Waals surface area contributed by atoms with Gasteiger partial charge in [-0.1, -0.05) is 22.0 Å². The largest absolute Gasteiger partial charge is 0.497 e. The molecule has 0 unspecified atom stereocenters. The Labute approximate surface area is 190 Å². The lowest BCUT2D eigenvalue weighted by Gasteiger charge is -2.07. The number of methoxy groups -OCH3 is 1. The summed E-state index contributed by atoms with van der Waals surface area (Å²) >= 11 is 3.37. The molecule has 0 fully saturated rings. The molecule has 0 atom stereocenters. The van der Waals surface area contributed by atoms with Gasteiger partial charge < -0.3 is 14.5 Å². The number of ether oxygens (including phenoxy) is 1. The molecule has 0 aliphatic heterocycles. The number of hydrogen-bond donors (Lipinski definition) is 1. The predicted octanol–water partition coefficient (Wildman–Crippen LogP) is 5.60. The molecule has 0 aliphatic rings. The first-order chi connectivity index (χ1) is 15.4. The van der Waals surface area contributed by atoms with Crippen LogP contribution in [0.5, 0.6) is 5.75 Å². The smallest absolute Gasteiger partial charge is 0.270 e. The fourth-order valence-corrected chi connectivity index (χ4v) is 3.42. The minimum atomic E-state index is -0.504. The highest BCUT2D eigenvalue weighted by Gasteiger charge is 2.15. The maximum Gasteiger partial charge on any atom is 0.270 e. The van der Waals surface area contributed by atoms with Gasteiger partial charge >= 0.3 is 0 Å². The number of carbonyl (C=O) groups is 1. The quantitative estimate of drug-likeness (QED) is 0.287. The van der Waals surface area contributed by atoms with Gasteiger partial charge in [0.2, 0.25) is 5.55 Å². The Morgan fingerprint density at radius 2 is 1.88 bits per heavy atom. The molecule has 9 heteroatoms. The van der Waals surface area contributed by atoms with Crippen molar-refractivity contribution < 1.29 is 18.9 Å². The standard InChI is InChI=1S/C23H16BrN3O5/c1-31-19-8-5-16(6-9-19)26-23-20(22(28)25-17-4-2-3-15(24)13-17)12-14-11-18(27(29)30)7-10-21(14)32-23/h2-13H,1H3,(H,25,28). The van der Waals surface area contributed by atoms with Gasteiger partial charge in [0.25, 0.3) is 11.6 Å². The van der Waals surface area contributed by atoms with Crippen molar-refractivity contribution >= 4 is 49.9 Å². The molecular formula is C23H16BrN3O5. The summed E-state index contributed by atoms with van der Waals surface area (Å²) in [5.74, 6) is 0.201. The van der Waals surface area contributed by atoms with Crippen LogP contribution >= 0.6 is 15.9 Å². The second-order valence-electron chi connectivity index (χ2n) is 6.72. The Kier molecular flexibility index (Phi) is 6.00. The summed E-state index contributed by atoms with van der Waals surface area (Å²) in [5, 5.41) is 14.4. The molecule has 0 bridgehead atoms. The Morgan fingerprint density at radius 3 is 2.56 bits per heavy atom. The molecule has 1 aromatic heterocycles. The van der Waals surface area contributed by atoms with Gasteiger partial charge in [0, 0.05) is 27.7 Å². The van der Waals surface area contributed by atoms with Crippen molar-refractivity contribution in [2.24, 2.45) is 4.99 Å². The summed E-state index contributed by atoms with van der Waals surface area (Å²) in [6, 6.07) is 19.8. The third-order valence-corrected chi connectivity index (χ3v) is 5.06.